The van der Waals surface area contributed by atoms with Crippen LogP contribution in [0.15, 0.2) is 54.1 Å². The number of nitrogens with zero attached hydrogens (tertiary/aromatic N) is 2. The quantitative estimate of drug-likeness (QED) is 0.594. The fourth-order valence-corrected chi connectivity index (χ4v) is 2.83. The molecule has 1 aliphatic rings. The molecule has 1 heterocycles. The largest absolute Gasteiger partial charge is 0.457 e. The maximum absolute atomic E-state index is 12.4. The van der Waals surface area contributed by atoms with E-state index in [1.54, 1.807) is 41.3 Å². The van der Waals surface area contributed by atoms with Crippen molar-refractivity contribution in [1.29, 1.82) is 5.26 Å². The molecule has 0 bridgehead atoms. The van der Waals surface area contributed by atoms with Crippen LogP contribution in [0.5, 0.6) is 11.5 Å². The lowest BCUT2D eigenvalue weighted by atomic mass is 10.1. The van der Waals surface area contributed by atoms with Gasteiger partial charge in [-0.15, -0.1) is 0 Å². The van der Waals surface area contributed by atoms with E-state index in [0.29, 0.717) is 16.5 Å². The molecule has 1 amide bonds. The van der Waals surface area contributed by atoms with E-state index in [2.05, 4.69) is 0 Å². The molecule has 0 spiro atoms. The zero-order valence-corrected chi connectivity index (χ0v) is 14.4. The normalized spacial score (nSPS) is 14.2. The van der Waals surface area contributed by atoms with Crippen LogP contribution in [0.2, 0.25) is 5.02 Å². The lowest BCUT2D eigenvalue weighted by Crippen LogP contribution is -2.28. The highest BCUT2D eigenvalue weighted by molar-refractivity contribution is 6.30. The van der Waals surface area contributed by atoms with Crippen LogP contribution in [0.3, 0.4) is 0 Å². The molecule has 3 rings (SSSR count). The summed E-state index contributed by atoms with van der Waals surface area (Å²) in [6.45, 7) is 1.44. The van der Waals surface area contributed by atoms with Gasteiger partial charge in [-0.25, -0.2) is 0 Å². The number of carbonyl (C=O) groups excluding carboxylic acids is 1. The number of ether oxygens (including phenoxy) is 1. The number of likely N-dealkylation sites (tertiary alicyclic amines) is 1. The Morgan fingerprint density at radius 1 is 1.12 bits per heavy atom. The van der Waals surface area contributed by atoms with Gasteiger partial charge >= 0.3 is 0 Å². The predicted octanol–water partition coefficient (Wildman–Crippen LogP) is 4.66. The number of hydrogen-bond acceptors (Lipinski definition) is 3. The van der Waals surface area contributed by atoms with E-state index < -0.39 is 0 Å². The van der Waals surface area contributed by atoms with Crippen molar-refractivity contribution in [3.8, 4) is 17.6 Å². The number of carbonyl (C=O) groups is 1. The highest BCUT2D eigenvalue weighted by Crippen LogP contribution is 2.25. The predicted molar refractivity (Wildman–Crippen MR) is 97.4 cm³/mol. The summed E-state index contributed by atoms with van der Waals surface area (Å²) < 4.78 is 5.78. The standard InChI is InChI=1S/C20H17ClN2O2/c21-17-6-8-18(9-7-17)25-19-5-3-4-15(13-19)12-16(14-22)20(24)23-10-1-2-11-23/h3-9,12-13H,1-2,10-11H2/b16-12+. The van der Waals surface area contributed by atoms with Crippen LogP contribution in [0.4, 0.5) is 0 Å². The van der Waals surface area contributed by atoms with Crippen LogP contribution in [0, 0.1) is 11.3 Å². The fourth-order valence-electron chi connectivity index (χ4n) is 2.71. The maximum Gasteiger partial charge on any atom is 0.264 e. The third-order valence-electron chi connectivity index (χ3n) is 3.96. The Bertz CT molecular complexity index is 832. The van der Waals surface area contributed by atoms with Gasteiger partial charge < -0.3 is 9.64 Å². The van der Waals surface area contributed by atoms with Crippen LogP contribution in [0.1, 0.15) is 18.4 Å². The summed E-state index contributed by atoms with van der Waals surface area (Å²) in [6.07, 6.45) is 3.60. The van der Waals surface area contributed by atoms with Gasteiger partial charge in [0.1, 0.15) is 23.1 Å². The topological polar surface area (TPSA) is 53.3 Å². The third-order valence-corrected chi connectivity index (χ3v) is 4.21. The SMILES string of the molecule is N#C/C(=C\c1cccc(Oc2ccc(Cl)cc2)c1)C(=O)N1CCCC1. The van der Waals surface area contributed by atoms with E-state index in [-0.39, 0.29) is 11.5 Å². The van der Waals surface area contributed by atoms with Gasteiger partial charge in [0, 0.05) is 18.1 Å². The molecule has 2 aromatic rings. The van der Waals surface area contributed by atoms with E-state index in [1.807, 2.05) is 24.3 Å². The van der Waals surface area contributed by atoms with Crippen molar-refractivity contribution in [1.82, 2.24) is 4.90 Å². The van der Waals surface area contributed by atoms with E-state index in [1.165, 1.54) is 0 Å². The average molecular weight is 353 g/mol. The summed E-state index contributed by atoms with van der Waals surface area (Å²) in [4.78, 5) is 14.1. The van der Waals surface area contributed by atoms with Crippen molar-refractivity contribution in [2.45, 2.75) is 12.8 Å². The highest BCUT2D eigenvalue weighted by atomic mass is 35.5. The molecule has 1 aliphatic heterocycles. The Morgan fingerprint density at radius 2 is 1.84 bits per heavy atom. The minimum atomic E-state index is -0.205. The van der Waals surface area contributed by atoms with Gasteiger partial charge in [0.15, 0.2) is 0 Å². The molecule has 4 nitrogen and oxygen atoms in total. The molecule has 0 atom stereocenters. The lowest BCUT2D eigenvalue weighted by molar-refractivity contribution is -0.125. The first-order chi connectivity index (χ1) is 12.2. The molecule has 0 saturated carbocycles. The number of benzene rings is 2. The van der Waals surface area contributed by atoms with E-state index in [4.69, 9.17) is 16.3 Å². The summed E-state index contributed by atoms with van der Waals surface area (Å²) in [5.41, 5.74) is 0.890. The first-order valence-electron chi connectivity index (χ1n) is 8.10. The molecule has 25 heavy (non-hydrogen) atoms. The van der Waals surface area contributed by atoms with Gasteiger partial charge in [0.05, 0.1) is 0 Å². The van der Waals surface area contributed by atoms with Crippen LogP contribution in [-0.2, 0) is 4.79 Å². The zero-order valence-electron chi connectivity index (χ0n) is 13.6. The highest BCUT2D eigenvalue weighted by Gasteiger charge is 2.21. The van der Waals surface area contributed by atoms with Crippen LogP contribution in [-0.4, -0.2) is 23.9 Å². The van der Waals surface area contributed by atoms with Crippen LogP contribution in [0.25, 0.3) is 6.08 Å². The summed E-state index contributed by atoms with van der Waals surface area (Å²) >= 11 is 5.87. The molecule has 0 unspecified atom stereocenters. The first-order valence-corrected chi connectivity index (χ1v) is 8.48. The summed E-state index contributed by atoms with van der Waals surface area (Å²) in [6, 6.07) is 16.4. The summed E-state index contributed by atoms with van der Waals surface area (Å²) in [5.74, 6) is 1.09. The zero-order chi connectivity index (χ0) is 17.6. The maximum atomic E-state index is 12.4. The summed E-state index contributed by atoms with van der Waals surface area (Å²) in [7, 11) is 0. The van der Waals surface area contributed by atoms with Crippen LogP contribution >= 0.6 is 11.6 Å². The minimum Gasteiger partial charge on any atom is -0.457 e. The van der Waals surface area contributed by atoms with Gasteiger partial charge in [-0.1, -0.05) is 23.7 Å². The van der Waals surface area contributed by atoms with Crippen molar-refractivity contribution in [2.75, 3.05) is 13.1 Å². The Morgan fingerprint density at radius 3 is 2.52 bits per heavy atom. The second-order valence-corrected chi connectivity index (χ2v) is 6.23. The molecule has 1 saturated heterocycles. The first kappa shape index (κ1) is 17.1. The fraction of sp³-hybridized carbons (Fsp3) is 0.200. The van der Waals surface area contributed by atoms with Gasteiger partial charge in [-0.05, 0) is 60.9 Å². The average Bonchev–Trinajstić information content (AvgIpc) is 3.16. The Balaban J connectivity index is 1.78. The van der Waals surface area contributed by atoms with E-state index in [9.17, 15) is 10.1 Å². The molecule has 126 valence electrons. The molecular formula is C20H17ClN2O2. The number of rotatable bonds is 4. The molecular weight excluding hydrogens is 336 g/mol. The Kier molecular flexibility index (Phi) is 5.37. The second kappa shape index (κ2) is 7.87. The lowest BCUT2D eigenvalue weighted by Gasteiger charge is -2.14. The Hall–Kier alpha value is -2.77. The van der Waals surface area contributed by atoms with Gasteiger partial charge in [0.25, 0.3) is 5.91 Å². The molecule has 0 N–H and O–H groups in total. The second-order valence-electron chi connectivity index (χ2n) is 5.80. The van der Waals surface area contributed by atoms with E-state index >= 15 is 0 Å². The van der Waals surface area contributed by atoms with Crippen molar-refractivity contribution in [3.05, 3.63) is 64.7 Å². The molecule has 0 radical (unpaired) electrons. The van der Waals surface area contributed by atoms with Gasteiger partial charge in [-0.3, -0.25) is 4.79 Å². The Labute approximate surface area is 151 Å². The van der Waals surface area contributed by atoms with Crippen molar-refractivity contribution in [3.63, 3.8) is 0 Å². The molecule has 0 aliphatic carbocycles. The van der Waals surface area contributed by atoms with Gasteiger partial charge in [-0.2, -0.15) is 5.26 Å². The van der Waals surface area contributed by atoms with Crippen molar-refractivity contribution in [2.24, 2.45) is 0 Å². The number of hydrogen-bond donors (Lipinski definition) is 0. The molecule has 5 heteroatoms. The number of amides is 1. The molecule has 1 fully saturated rings. The van der Waals surface area contributed by atoms with Crippen molar-refractivity contribution < 1.29 is 9.53 Å². The third kappa shape index (κ3) is 4.40. The van der Waals surface area contributed by atoms with Crippen molar-refractivity contribution >= 4 is 23.6 Å². The molecule has 2 aromatic carbocycles. The monoisotopic (exact) mass is 352 g/mol. The summed E-state index contributed by atoms with van der Waals surface area (Å²) in [5, 5.41) is 9.98. The van der Waals surface area contributed by atoms with Gasteiger partial charge in [0.2, 0.25) is 0 Å². The van der Waals surface area contributed by atoms with E-state index in [0.717, 1.165) is 31.5 Å². The minimum absolute atomic E-state index is 0.144. The number of nitriles is 1. The molecule has 0 aromatic heterocycles. The number of halogens is 1. The smallest absolute Gasteiger partial charge is 0.264 e. The van der Waals surface area contributed by atoms with Crippen LogP contribution < -0.4 is 4.74 Å².